The molecule has 0 aromatic rings. The first-order valence-corrected chi connectivity index (χ1v) is 9.92. The Labute approximate surface area is 139 Å². The average molecular weight is 310 g/mol. The van der Waals surface area contributed by atoms with Crippen molar-refractivity contribution in [3.05, 3.63) is 0 Å². The number of carbonyl (C=O) groups excluding carboxylic acids is 1. The number of unbranched alkanes of at least 4 members (excludes halogenated alkanes) is 12. The summed E-state index contributed by atoms with van der Waals surface area (Å²) in [6, 6.07) is 0.240. The summed E-state index contributed by atoms with van der Waals surface area (Å²) in [5.41, 5.74) is 0. The molecule has 0 amide bonds. The van der Waals surface area contributed by atoms with Crippen LogP contribution < -0.4 is 0 Å². The van der Waals surface area contributed by atoms with Crippen molar-refractivity contribution in [3.8, 4) is 0 Å². The Balaban J connectivity index is 3.50. The summed E-state index contributed by atoms with van der Waals surface area (Å²) in [5, 5.41) is 0. The topological polar surface area (TPSA) is 29.4 Å². The lowest BCUT2D eigenvalue weighted by Crippen LogP contribution is -2.04. The van der Waals surface area contributed by atoms with Crippen LogP contribution >= 0.6 is 0 Å². The summed E-state index contributed by atoms with van der Waals surface area (Å²) in [6.45, 7) is 4.51. The molecule has 1 unspecified atom stereocenters. The van der Waals surface area contributed by atoms with Crippen molar-refractivity contribution in [3.63, 3.8) is 0 Å². The van der Waals surface area contributed by atoms with Crippen LogP contribution in [0, 0.1) is 0 Å². The third-order valence-electron chi connectivity index (χ3n) is 4.52. The van der Waals surface area contributed by atoms with Gasteiger partial charge in [0, 0.05) is 0 Å². The number of hydrogen-bond donors (Lipinski definition) is 0. The molecule has 0 aliphatic rings. The minimum absolute atomic E-state index is 0.240. The Kier molecular flexibility index (Phi) is 17.9. The molecule has 0 N–H and O–H groups in total. The van der Waals surface area contributed by atoms with Crippen molar-refractivity contribution in [2.24, 2.45) is 4.99 Å². The fraction of sp³-hybridized carbons (Fsp3) is 0.950. The summed E-state index contributed by atoms with van der Waals surface area (Å²) in [5.74, 6) is 0. The molecule has 1 atom stereocenters. The van der Waals surface area contributed by atoms with E-state index in [9.17, 15) is 4.79 Å². The molecule has 0 aliphatic carbocycles. The minimum Gasteiger partial charge on any atom is -0.211 e. The molecule has 0 rings (SSSR count). The molecule has 0 aliphatic heterocycles. The highest BCUT2D eigenvalue weighted by Crippen LogP contribution is 2.16. The van der Waals surface area contributed by atoms with Crippen LogP contribution in [0.25, 0.3) is 0 Å². The van der Waals surface area contributed by atoms with Gasteiger partial charge in [-0.3, -0.25) is 0 Å². The van der Waals surface area contributed by atoms with Crippen molar-refractivity contribution in [2.45, 2.75) is 123 Å². The molecular weight excluding hydrogens is 270 g/mol. The van der Waals surface area contributed by atoms with Gasteiger partial charge in [-0.15, -0.1) is 0 Å². The molecule has 130 valence electrons. The number of nitrogens with zero attached hydrogens (tertiary/aromatic N) is 1. The lowest BCUT2D eigenvalue weighted by Gasteiger charge is -2.10. The maximum absolute atomic E-state index is 10.5. The zero-order valence-electron chi connectivity index (χ0n) is 15.2. The van der Waals surface area contributed by atoms with Gasteiger partial charge in [0.1, 0.15) is 0 Å². The van der Waals surface area contributed by atoms with E-state index in [1.54, 1.807) is 6.08 Å². The molecule has 22 heavy (non-hydrogen) atoms. The van der Waals surface area contributed by atoms with E-state index in [1.807, 2.05) is 0 Å². The molecule has 0 bridgehead atoms. The molecular formula is C20H39NO. The lowest BCUT2D eigenvalue weighted by atomic mass is 10.0. The van der Waals surface area contributed by atoms with Crippen LogP contribution in [-0.2, 0) is 4.79 Å². The number of rotatable bonds is 17. The van der Waals surface area contributed by atoms with Gasteiger partial charge in [0.2, 0.25) is 6.08 Å². The summed E-state index contributed by atoms with van der Waals surface area (Å²) in [4.78, 5) is 14.5. The summed E-state index contributed by atoms with van der Waals surface area (Å²) >= 11 is 0. The van der Waals surface area contributed by atoms with Crippen LogP contribution in [0.5, 0.6) is 0 Å². The molecule has 0 heterocycles. The molecule has 0 aromatic heterocycles. The molecule has 0 saturated heterocycles. The third kappa shape index (κ3) is 15.8. The van der Waals surface area contributed by atoms with E-state index in [1.165, 1.54) is 89.9 Å². The Hall–Kier alpha value is -0.620. The van der Waals surface area contributed by atoms with Crippen LogP contribution in [0.3, 0.4) is 0 Å². The first kappa shape index (κ1) is 21.4. The van der Waals surface area contributed by atoms with E-state index < -0.39 is 0 Å². The Bertz CT molecular complexity index is 258. The van der Waals surface area contributed by atoms with Crippen LogP contribution in [0.2, 0.25) is 0 Å². The van der Waals surface area contributed by atoms with E-state index in [4.69, 9.17) is 0 Å². The molecule has 0 aromatic carbocycles. The highest BCUT2D eigenvalue weighted by atomic mass is 16.1. The van der Waals surface area contributed by atoms with Crippen molar-refractivity contribution >= 4 is 6.08 Å². The second-order valence-corrected chi connectivity index (χ2v) is 6.69. The van der Waals surface area contributed by atoms with Gasteiger partial charge in [-0.25, -0.2) is 9.79 Å². The fourth-order valence-electron chi connectivity index (χ4n) is 3.02. The minimum atomic E-state index is 0.240. The predicted octanol–water partition coefficient (Wildman–Crippen LogP) is 6.97. The summed E-state index contributed by atoms with van der Waals surface area (Å²) < 4.78 is 0. The molecule has 0 radical (unpaired) electrons. The van der Waals surface area contributed by atoms with E-state index in [2.05, 4.69) is 18.8 Å². The molecule has 2 nitrogen and oxygen atoms in total. The fourth-order valence-corrected chi connectivity index (χ4v) is 3.02. The largest absolute Gasteiger partial charge is 0.235 e. The molecule has 0 saturated carbocycles. The Morgan fingerprint density at radius 3 is 1.36 bits per heavy atom. The van der Waals surface area contributed by atoms with Gasteiger partial charge in [0.25, 0.3) is 0 Å². The SMILES string of the molecule is CCCCCCCCCCC(CCCCCCCC)N=C=O. The van der Waals surface area contributed by atoms with Gasteiger partial charge in [0.05, 0.1) is 6.04 Å². The maximum Gasteiger partial charge on any atom is 0.235 e. The quantitative estimate of drug-likeness (QED) is 0.162. The number of hydrogen-bond acceptors (Lipinski definition) is 2. The van der Waals surface area contributed by atoms with Crippen molar-refractivity contribution in [1.29, 1.82) is 0 Å². The first-order valence-electron chi connectivity index (χ1n) is 9.92. The van der Waals surface area contributed by atoms with Gasteiger partial charge in [-0.05, 0) is 12.8 Å². The maximum atomic E-state index is 10.5. The second kappa shape index (κ2) is 18.4. The van der Waals surface area contributed by atoms with E-state index in [-0.39, 0.29) is 6.04 Å². The van der Waals surface area contributed by atoms with Crippen LogP contribution in [0.4, 0.5) is 0 Å². The standard InChI is InChI=1S/C20H39NO/c1-3-5-7-9-11-12-14-16-18-20(21-19-22)17-15-13-10-8-6-4-2/h20H,3-18H2,1-2H3. The normalized spacial score (nSPS) is 12.1. The van der Waals surface area contributed by atoms with Gasteiger partial charge >= 0.3 is 0 Å². The van der Waals surface area contributed by atoms with E-state index >= 15 is 0 Å². The van der Waals surface area contributed by atoms with Crippen LogP contribution in [-0.4, -0.2) is 12.1 Å². The van der Waals surface area contributed by atoms with E-state index in [0.717, 1.165) is 12.8 Å². The zero-order valence-corrected chi connectivity index (χ0v) is 15.2. The molecule has 0 fully saturated rings. The highest BCUT2D eigenvalue weighted by molar-refractivity contribution is 5.33. The lowest BCUT2D eigenvalue weighted by molar-refractivity contribution is 0.478. The van der Waals surface area contributed by atoms with Crippen molar-refractivity contribution in [2.75, 3.05) is 0 Å². The second-order valence-electron chi connectivity index (χ2n) is 6.69. The number of isocyanates is 1. The van der Waals surface area contributed by atoms with Crippen molar-refractivity contribution < 1.29 is 4.79 Å². The van der Waals surface area contributed by atoms with Crippen LogP contribution in [0.1, 0.15) is 117 Å². The number of aliphatic imine (C=N–C) groups is 1. The van der Waals surface area contributed by atoms with Gasteiger partial charge < -0.3 is 0 Å². The summed E-state index contributed by atoms with van der Waals surface area (Å²) in [7, 11) is 0. The monoisotopic (exact) mass is 309 g/mol. The Morgan fingerprint density at radius 2 is 1.00 bits per heavy atom. The summed E-state index contributed by atoms with van der Waals surface area (Å²) in [6.07, 6.45) is 22.5. The van der Waals surface area contributed by atoms with E-state index in [0.29, 0.717) is 0 Å². The van der Waals surface area contributed by atoms with Crippen molar-refractivity contribution in [1.82, 2.24) is 0 Å². The smallest absolute Gasteiger partial charge is 0.211 e. The molecule has 2 heteroatoms. The van der Waals surface area contributed by atoms with Crippen LogP contribution in [0.15, 0.2) is 4.99 Å². The average Bonchev–Trinajstić information content (AvgIpc) is 2.53. The molecule has 0 spiro atoms. The highest BCUT2D eigenvalue weighted by Gasteiger charge is 2.06. The first-order chi connectivity index (χ1) is 10.8. The van der Waals surface area contributed by atoms with Gasteiger partial charge in [0.15, 0.2) is 0 Å². The third-order valence-corrected chi connectivity index (χ3v) is 4.52. The van der Waals surface area contributed by atoms with Gasteiger partial charge in [-0.2, -0.15) is 0 Å². The Morgan fingerprint density at radius 1 is 0.636 bits per heavy atom. The zero-order chi connectivity index (χ0) is 16.3. The van der Waals surface area contributed by atoms with Gasteiger partial charge in [-0.1, -0.05) is 104 Å². The predicted molar refractivity (Wildman–Crippen MR) is 97.1 cm³/mol.